The predicted molar refractivity (Wildman–Crippen MR) is 135 cm³/mol. The number of rotatable bonds is 3. The number of ether oxygens (including phenoxy) is 2. The zero-order chi connectivity index (χ0) is 24.3. The van der Waals surface area contributed by atoms with Crippen molar-refractivity contribution in [3.63, 3.8) is 0 Å². The number of aliphatic hydroxyl groups excluding tert-OH is 1. The molecule has 7 nitrogen and oxygen atoms in total. The Kier molecular flexibility index (Phi) is 4.93. The van der Waals surface area contributed by atoms with Crippen molar-refractivity contribution in [2.45, 2.75) is 13.0 Å². The lowest BCUT2D eigenvalue weighted by Crippen LogP contribution is -2.29. The molecule has 3 aromatic carbocycles. The molecule has 0 bridgehead atoms. The van der Waals surface area contributed by atoms with Gasteiger partial charge in [0, 0.05) is 44.5 Å². The number of anilines is 1. The van der Waals surface area contributed by atoms with Crippen molar-refractivity contribution < 1.29 is 24.2 Å². The van der Waals surface area contributed by atoms with Crippen LogP contribution in [0.1, 0.15) is 22.7 Å². The predicted octanol–water partition coefficient (Wildman–Crippen LogP) is 5.59. The Morgan fingerprint density at radius 3 is 2.69 bits per heavy atom. The number of H-pyrrole nitrogens is 1. The van der Waals surface area contributed by atoms with Crippen LogP contribution in [0.5, 0.6) is 11.5 Å². The second-order valence-electron chi connectivity index (χ2n) is 8.46. The Bertz CT molecular complexity index is 1570. The fourth-order valence-electron chi connectivity index (χ4n) is 4.70. The van der Waals surface area contributed by atoms with Gasteiger partial charge in [0.2, 0.25) is 6.79 Å². The first-order valence-electron chi connectivity index (χ1n) is 11.0. The summed E-state index contributed by atoms with van der Waals surface area (Å²) < 4.78 is 11.8. The Labute approximate surface area is 208 Å². The molecular formula is C27H19BrN2O5. The number of benzene rings is 3. The van der Waals surface area contributed by atoms with Crippen molar-refractivity contribution in [2.24, 2.45) is 0 Å². The molecule has 0 radical (unpaired) electrons. The number of halogens is 1. The highest BCUT2D eigenvalue weighted by atomic mass is 79.9. The van der Waals surface area contributed by atoms with E-state index in [1.54, 1.807) is 42.6 Å². The SMILES string of the molecule is Cc1cc(/C(O)=C2\C(=O)C(=O)N(c3ccc4c(c3)OCO4)C2c2c[nH]c3ccccc23)ccc1Br. The third-order valence-electron chi connectivity index (χ3n) is 6.43. The van der Waals surface area contributed by atoms with Crippen LogP contribution in [0, 0.1) is 6.92 Å². The number of carbonyl (C=O) groups excluding carboxylic acids is 2. The topological polar surface area (TPSA) is 91.9 Å². The lowest BCUT2D eigenvalue weighted by atomic mass is 9.94. The van der Waals surface area contributed by atoms with Crippen LogP contribution >= 0.6 is 15.9 Å². The average molecular weight is 531 g/mol. The lowest BCUT2D eigenvalue weighted by molar-refractivity contribution is -0.132. The minimum Gasteiger partial charge on any atom is -0.507 e. The van der Waals surface area contributed by atoms with Gasteiger partial charge >= 0.3 is 0 Å². The number of aromatic amines is 1. The molecule has 8 heteroatoms. The number of nitrogens with zero attached hydrogens (tertiary/aromatic N) is 1. The Hall–Kier alpha value is -4.04. The number of ketones is 1. The van der Waals surface area contributed by atoms with Crippen molar-refractivity contribution in [1.29, 1.82) is 0 Å². The number of aliphatic hydroxyl groups is 1. The van der Waals surface area contributed by atoms with Crippen molar-refractivity contribution in [2.75, 3.05) is 11.7 Å². The third kappa shape index (κ3) is 3.32. The van der Waals surface area contributed by atoms with E-state index < -0.39 is 17.7 Å². The van der Waals surface area contributed by atoms with Gasteiger partial charge in [0.1, 0.15) is 5.76 Å². The van der Waals surface area contributed by atoms with E-state index in [-0.39, 0.29) is 18.1 Å². The second-order valence-corrected chi connectivity index (χ2v) is 9.31. The number of para-hydroxylation sites is 1. The zero-order valence-corrected chi connectivity index (χ0v) is 20.1. The summed E-state index contributed by atoms with van der Waals surface area (Å²) >= 11 is 3.47. The van der Waals surface area contributed by atoms with E-state index in [9.17, 15) is 14.7 Å². The number of amides is 1. The van der Waals surface area contributed by atoms with E-state index in [0.29, 0.717) is 28.3 Å². The summed E-state index contributed by atoms with van der Waals surface area (Å²) in [5, 5.41) is 12.2. The van der Waals surface area contributed by atoms with Gasteiger partial charge < -0.3 is 19.6 Å². The molecule has 4 aromatic rings. The van der Waals surface area contributed by atoms with E-state index in [4.69, 9.17) is 9.47 Å². The summed E-state index contributed by atoms with van der Waals surface area (Å²) in [4.78, 5) is 31.5. The van der Waals surface area contributed by atoms with E-state index in [1.165, 1.54) is 4.90 Å². The monoisotopic (exact) mass is 530 g/mol. The number of aryl methyl sites for hydroxylation is 1. The number of carbonyl (C=O) groups is 2. The maximum absolute atomic E-state index is 13.5. The van der Waals surface area contributed by atoms with Crippen LogP contribution in [-0.4, -0.2) is 28.6 Å². The largest absolute Gasteiger partial charge is 0.507 e. The summed E-state index contributed by atoms with van der Waals surface area (Å²) in [6, 6.07) is 17.2. The van der Waals surface area contributed by atoms with Gasteiger partial charge in [-0.1, -0.05) is 40.2 Å². The molecular weight excluding hydrogens is 512 g/mol. The number of Topliss-reactive ketones (excluding diaryl/α,β-unsaturated/α-hetero) is 1. The first-order valence-corrected chi connectivity index (χ1v) is 11.8. The number of aromatic nitrogens is 1. The molecule has 35 heavy (non-hydrogen) atoms. The maximum Gasteiger partial charge on any atom is 0.300 e. The first kappa shape index (κ1) is 21.5. The highest BCUT2D eigenvalue weighted by Crippen LogP contribution is 2.46. The summed E-state index contributed by atoms with van der Waals surface area (Å²) in [7, 11) is 0. The quantitative estimate of drug-likeness (QED) is 0.204. The number of hydrogen-bond acceptors (Lipinski definition) is 5. The number of fused-ring (bicyclic) bond motifs is 2. The zero-order valence-electron chi connectivity index (χ0n) is 18.5. The van der Waals surface area contributed by atoms with Crippen LogP contribution in [-0.2, 0) is 9.59 Å². The number of hydrogen-bond donors (Lipinski definition) is 2. The highest BCUT2D eigenvalue weighted by molar-refractivity contribution is 9.10. The van der Waals surface area contributed by atoms with Gasteiger partial charge in [-0.05, 0) is 42.8 Å². The van der Waals surface area contributed by atoms with Crippen LogP contribution in [0.3, 0.4) is 0 Å². The Morgan fingerprint density at radius 2 is 1.86 bits per heavy atom. The van der Waals surface area contributed by atoms with Crippen LogP contribution in [0.2, 0.25) is 0 Å². The summed E-state index contributed by atoms with van der Waals surface area (Å²) in [6.45, 7) is 1.98. The fraction of sp³-hybridized carbons (Fsp3) is 0.111. The van der Waals surface area contributed by atoms with Crippen LogP contribution in [0.15, 0.2) is 76.9 Å². The van der Waals surface area contributed by atoms with Crippen molar-refractivity contribution in [3.05, 3.63) is 93.6 Å². The molecule has 0 saturated carbocycles. The maximum atomic E-state index is 13.5. The third-order valence-corrected chi connectivity index (χ3v) is 7.32. The van der Waals surface area contributed by atoms with Crippen LogP contribution in [0.25, 0.3) is 16.7 Å². The molecule has 1 atom stereocenters. The number of nitrogens with one attached hydrogen (secondary N) is 1. The molecule has 2 aliphatic heterocycles. The molecule has 174 valence electrons. The molecule has 2 N–H and O–H groups in total. The van der Waals surface area contributed by atoms with Gasteiger partial charge in [-0.2, -0.15) is 0 Å². The molecule has 0 aliphatic carbocycles. The highest BCUT2D eigenvalue weighted by Gasteiger charge is 2.48. The Balaban J connectivity index is 1.60. The summed E-state index contributed by atoms with van der Waals surface area (Å²) in [5.74, 6) is -0.645. The van der Waals surface area contributed by atoms with Crippen molar-refractivity contribution >= 4 is 50.0 Å². The molecule has 1 saturated heterocycles. The van der Waals surface area contributed by atoms with E-state index >= 15 is 0 Å². The second kappa shape index (κ2) is 8.02. The first-order chi connectivity index (χ1) is 16.9. The minimum absolute atomic E-state index is 0.0270. The average Bonchev–Trinajstić information content (AvgIpc) is 3.56. The van der Waals surface area contributed by atoms with E-state index in [0.717, 1.165) is 20.9 Å². The fourth-order valence-corrected chi connectivity index (χ4v) is 4.94. The smallest absolute Gasteiger partial charge is 0.300 e. The summed E-state index contributed by atoms with van der Waals surface area (Å²) in [5.41, 5.74) is 3.41. The van der Waals surface area contributed by atoms with Crippen molar-refractivity contribution in [1.82, 2.24) is 4.98 Å². The van der Waals surface area contributed by atoms with Gasteiger partial charge in [-0.15, -0.1) is 0 Å². The minimum atomic E-state index is -0.851. The normalized spacial score (nSPS) is 18.6. The Morgan fingerprint density at radius 1 is 1.06 bits per heavy atom. The lowest BCUT2D eigenvalue weighted by Gasteiger charge is -2.25. The standard InChI is InChI=1S/C27H19BrN2O5/c1-14-10-15(6-8-19(14)28)25(31)23-24(18-12-29-20-5-3-2-4-17(18)20)30(27(33)26(23)32)16-7-9-21-22(11-16)35-13-34-21/h2-12,24,29,31H,13H2,1H3/b25-23+. The molecule has 6 rings (SSSR count). The van der Waals surface area contributed by atoms with Gasteiger partial charge in [0.05, 0.1) is 11.6 Å². The molecule has 3 heterocycles. The van der Waals surface area contributed by atoms with E-state index in [1.807, 2.05) is 31.2 Å². The molecule has 0 spiro atoms. The molecule has 1 aromatic heterocycles. The van der Waals surface area contributed by atoms with Gasteiger partial charge in [0.25, 0.3) is 11.7 Å². The van der Waals surface area contributed by atoms with Crippen molar-refractivity contribution in [3.8, 4) is 11.5 Å². The van der Waals surface area contributed by atoms with Gasteiger partial charge in [-0.3, -0.25) is 14.5 Å². The molecule has 1 fully saturated rings. The van der Waals surface area contributed by atoms with Crippen LogP contribution < -0.4 is 14.4 Å². The van der Waals surface area contributed by atoms with Crippen LogP contribution in [0.4, 0.5) is 5.69 Å². The van der Waals surface area contributed by atoms with E-state index in [2.05, 4.69) is 20.9 Å². The molecule has 1 amide bonds. The molecule has 1 unspecified atom stereocenters. The molecule has 2 aliphatic rings. The van der Waals surface area contributed by atoms with Gasteiger partial charge in [-0.25, -0.2) is 0 Å². The van der Waals surface area contributed by atoms with Gasteiger partial charge in [0.15, 0.2) is 11.5 Å². The summed E-state index contributed by atoms with van der Waals surface area (Å²) in [6.07, 6.45) is 1.78.